The van der Waals surface area contributed by atoms with Gasteiger partial charge in [-0.15, -0.1) is 0 Å². The third kappa shape index (κ3) is 3.52. The molecule has 0 radical (unpaired) electrons. The van der Waals surface area contributed by atoms with E-state index < -0.39 is 12.2 Å². The van der Waals surface area contributed by atoms with Crippen LogP contribution in [0.4, 0.5) is 4.39 Å². The zero-order valence-corrected chi connectivity index (χ0v) is 10.8. The van der Waals surface area contributed by atoms with Crippen LogP contribution in [0.1, 0.15) is 25.0 Å². The number of hydrogen-bond donors (Lipinski definition) is 2. The Hall–Kier alpha value is -1.46. The molecule has 3 unspecified atom stereocenters. The third-order valence-electron chi connectivity index (χ3n) is 3.37. The van der Waals surface area contributed by atoms with Crippen molar-refractivity contribution in [2.75, 3.05) is 13.2 Å². The molecule has 1 heterocycles. The second kappa shape index (κ2) is 6.12. The van der Waals surface area contributed by atoms with E-state index in [-0.39, 0.29) is 24.2 Å². The van der Waals surface area contributed by atoms with Crippen molar-refractivity contribution in [3.05, 3.63) is 35.6 Å². The Kier molecular flexibility index (Phi) is 4.50. The number of nitrogens with one attached hydrogen (secondary N) is 1. The van der Waals surface area contributed by atoms with Crippen LogP contribution in [0.5, 0.6) is 0 Å². The van der Waals surface area contributed by atoms with Gasteiger partial charge in [0.15, 0.2) is 0 Å². The van der Waals surface area contributed by atoms with Gasteiger partial charge in [-0.25, -0.2) is 4.39 Å². The van der Waals surface area contributed by atoms with Crippen molar-refractivity contribution in [1.82, 2.24) is 5.32 Å². The number of benzene rings is 1. The number of halogens is 1. The molecule has 104 valence electrons. The van der Waals surface area contributed by atoms with Gasteiger partial charge in [0.25, 0.3) is 0 Å². The van der Waals surface area contributed by atoms with Gasteiger partial charge in [0.05, 0.1) is 6.10 Å². The normalized spacial score (nSPS) is 24.2. The number of rotatable bonds is 4. The smallest absolute Gasteiger partial charge is 0.249 e. The Morgan fingerprint density at radius 2 is 2.21 bits per heavy atom. The molecular weight excluding hydrogens is 249 g/mol. The van der Waals surface area contributed by atoms with Crippen LogP contribution in [0.2, 0.25) is 0 Å². The number of carbonyl (C=O) groups excluding carboxylic acids is 1. The zero-order valence-electron chi connectivity index (χ0n) is 10.8. The van der Waals surface area contributed by atoms with Gasteiger partial charge < -0.3 is 15.2 Å². The highest BCUT2D eigenvalue weighted by Gasteiger charge is 2.30. The highest BCUT2D eigenvalue weighted by Crippen LogP contribution is 2.20. The van der Waals surface area contributed by atoms with E-state index in [1.165, 1.54) is 24.3 Å². The monoisotopic (exact) mass is 267 g/mol. The second-order valence-electron chi connectivity index (χ2n) is 4.87. The Labute approximate surface area is 111 Å². The van der Waals surface area contributed by atoms with Gasteiger partial charge in [0.2, 0.25) is 5.91 Å². The molecule has 1 aliphatic rings. The maximum absolute atomic E-state index is 12.7. The summed E-state index contributed by atoms with van der Waals surface area (Å²) < 4.78 is 18.1. The summed E-state index contributed by atoms with van der Waals surface area (Å²) in [6, 6.07) is 5.56. The second-order valence-corrected chi connectivity index (χ2v) is 4.87. The molecular formula is C14H18FNO3. The molecule has 2 rings (SSSR count). The third-order valence-corrected chi connectivity index (χ3v) is 3.37. The van der Waals surface area contributed by atoms with Gasteiger partial charge in [-0.1, -0.05) is 19.1 Å². The lowest BCUT2D eigenvalue weighted by Crippen LogP contribution is -2.39. The summed E-state index contributed by atoms with van der Waals surface area (Å²) in [5, 5.41) is 12.6. The largest absolute Gasteiger partial charge is 0.387 e. The van der Waals surface area contributed by atoms with Crippen LogP contribution in [0.25, 0.3) is 0 Å². The zero-order chi connectivity index (χ0) is 13.8. The van der Waals surface area contributed by atoms with E-state index in [1.807, 2.05) is 6.92 Å². The van der Waals surface area contributed by atoms with E-state index in [2.05, 4.69) is 5.32 Å². The summed E-state index contributed by atoms with van der Waals surface area (Å²) in [5.41, 5.74) is 0.571. The van der Waals surface area contributed by atoms with E-state index in [4.69, 9.17) is 4.74 Å². The number of aliphatic hydroxyl groups is 1. The van der Waals surface area contributed by atoms with Crippen LogP contribution >= 0.6 is 0 Å². The first-order valence-electron chi connectivity index (χ1n) is 6.41. The van der Waals surface area contributed by atoms with Gasteiger partial charge in [0.1, 0.15) is 11.9 Å². The van der Waals surface area contributed by atoms with E-state index in [0.29, 0.717) is 12.2 Å². The topological polar surface area (TPSA) is 58.6 Å². The lowest BCUT2D eigenvalue weighted by Gasteiger charge is -2.17. The summed E-state index contributed by atoms with van der Waals surface area (Å²) >= 11 is 0. The highest BCUT2D eigenvalue weighted by atomic mass is 19.1. The Morgan fingerprint density at radius 1 is 1.53 bits per heavy atom. The van der Waals surface area contributed by atoms with Crippen molar-refractivity contribution in [3.63, 3.8) is 0 Å². The Balaban J connectivity index is 1.84. The number of amides is 1. The number of ether oxygens (including phenoxy) is 1. The van der Waals surface area contributed by atoms with Crippen LogP contribution in [-0.2, 0) is 9.53 Å². The van der Waals surface area contributed by atoms with Crippen LogP contribution < -0.4 is 5.32 Å². The molecule has 3 atom stereocenters. The van der Waals surface area contributed by atoms with Crippen molar-refractivity contribution < 1.29 is 19.0 Å². The molecule has 0 aromatic heterocycles. The van der Waals surface area contributed by atoms with Gasteiger partial charge in [-0.05, 0) is 30.0 Å². The minimum atomic E-state index is -0.846. The van der Waals surface area contributed by atoms with E-state index >= 15 is 0 Å². The fourth-order valence-corrected chi connectivity index (χ4v) is 2.13. The molecule has 0 saturated carbocycles. The fraction of sp³-hybridized carbons (Fsp3) is 0.500. The van der Waals surface area contributed by atoms with Crippen molar-refractivity contribution in [2.45, 2.75) is 25.6 Å². The fourth-order valence-electron chi connectivity index (χ4n) is 2.13. The SMILES string of the molecule is CC1CCOC1C(=O)NCC(O)c1ccc(F)cc1. The van der Waals surface area contributed by atoms with Gasteiger partial charge in [-0.3, -0.25) is 4.79 Å². The van der Waals surface area contributed by atoms with Crippen molar-refractivity contribution >= 4 is 5.91 Å². The molecule has 0 bridgehead atoms. The minimum absolute atomic E-state index is 0.0943. The number of aliphatic hydroxyl groups excluding tert-OH is 1. The predicted molar refractivity (Wildman–Crippen MR) is 67.9 cm³/mol. The molecule has 1 amide bonds. The number of hydrogen-bond acceptors (Lipinski definition) is 3. The molecule has 4 nitrogen and oxygen atoms in total. The van der Waals surface area contributed by atoms with Crippen molar-refractivity contribution in [2.24, 2.45) is 5.92 Å². The van der Waals surface area contributed by atoms with Gasteiger partial charge in [-0.2, -0.15) is 0 Å². The molecule has 1 fully saturated rings. The number of carbonyl (C=O) groups is 1. The molecule has 0 aliphatic carbocycles. The van der Waals surface area contributed by atoms with E-state index in [0.717, 1.165) is 6.42 Å². The molecule has 19 heavy (non-hydrogen) atoms. The van der Waals surface area contributed by atoms with Crippen LogP contribution in [0.15, 0.2) is 24.3 Å². The minimum Gasteiger partial charge on any atom is -0.387 e. The first kappa shape index (κ1) is 14.0. The summed E-state index contributed by atoms with van der Waals surface area (Å²) in [6.45, 7) is 2.66. The molecule has 1 aromatic carbocycles. The first-order valence-corrected chi connectivity index (χ1v) is 6.41. The molecule has 1 aliphatic heterocycles. The maximum Gasteiger partial charge on any atom is 0.249 e. The summed E-state index contributed by atoms with van der Waals surface area (Å²) in [7, 11) is 0. The van der Waals surface area contributed by atoms with Crippen molar-refractivity contribution in [1.29, 1.82) is 0 Å². The Morgan fingerprint density at radius 3 is 2.79 bits per heavy atom. The van der Waals surface area contributed by atoms with Crippen LogP contribution in [0, 0.1) is 11.7 Å². The molecule has 2 N–H and O–H groups in total. The molecule has 1 saturated heterocycles. The lowest BCUT2D eigenvalue weighted by atomic mass is 10.0. The Bertz CT molecular complexity index is 435. The molecule has 5 heteroatoms. The lowest BCUT2D eigenvalue weighted by molar-refractivity contribution is -0.131. The molecule has 0 spiro atoms. The van der Waals surface area contributed by atoms with Crippen LogP contribution in [0.3, 0.4) is 0 Å². The summed E-state index contributed by atoms with van der Waals surface area (Å²) in [4.78, 5) is 11.8. The summed E-state index contributed by atoms with van der Waals surface area (Å²) in [5.74, 6) is -0.359. The average Bonchev–Trinajstić information content (AvgIpc) is 2.83. The maximum atomic E-state index is 12.7. The standard InChI is InChI=1S/C14H18FNO3/c1-9-6-7-19-13(9)14(18)16-8-12(17)10-2-4-11(15)5-3-10/h2-5,9,12-13,17H,6-8H2,1H3,(H,16,18). The first-order chi connectivity index (χ1) is 9.08. The van der Waals surface area contributed by atoms with Crippen molar-refractivity contribution in [3.8, 4) is 0 Å². The molecule has 1 aromatic rings. The van der Waals surface area contributed by atoms with E-state index in [9.17, 15) is 14.3 Å². The van der Waals surface area contributed by atoms with Gasteiger partial charge in [0, 0.05) is 13.2 Å². The highest BCUT2D eigenvalue weighted by molar-refractivity contribution is 5.81. The van der Waals surface area contributed by atoms with E-state index in [1.54, 1.807) is 0 Å². The van der Waals surface area contributed by atoms with Crippen LogP contribution in [-0.4, -0.2) is 30.3 Å². The quantitative estimate of drug-likeness (QED) is 0.867. The predicted octanol–water partition coefficient (Wildman–Crippen LogP) is 1.40. The van der Waals surface area contributed by atoms with Gasteiger partial charge >= 0.3 is 0 Å². The summed E-state index contributed by atoms with van der Waals surface area (Å²) in [6.07, 6.45) is -0.403. The average molecular weight is 267 g/mol.